The highest BCUT2D eigenvalue weighted by atomic mass is 32.2. The molecule has 0 saturated heterocycles. The molecule has 1 aromatic rings. The number of hydrogen-bond acceptors (Lipinski definition) is 7. The Morgan fingerprint density at radius 3 is 2.56 bits per heavy atom. The molecule has 0 unspecified atom stereocenters. The topological polar surface area (TPSA) is 123 Å². The predicted molar refractivity (Wildman–Crippen MR) is 110 cm³/mol. The maximum Gasteiger partial charge on any atom is 0.321 e. The Labute approximate surface area is 160 Å². The number of hydrogen-bond donors (Lipinski definition) is 3. The Bertz CT molecular complexity index is 901. The molecule has 148 valence electrons. The van der Waals surface area contributed by atoms with E-state index < -0.39 is 10.0 Å². The molecule has 9 nitrogen and oxygen atoms in total. The molecule has 0 aliphatic carbocycles. The number of benzene rings is 1. The number of amidine groups is 1. The molecule has 0 fully saturated rings. The van der Waals surface area contributed by atoms with Crippen LogP contribution in [0.2, 0.25) is 0 Å². The third-order valence-electron chi connectivity index (χ3n) is 4.08. The number of rotatable bonds is 8. The summed E-state index contributed by atoms with van der Waals surface area (Å²) in [6.07, 6.45) is 1.10. The number of hydrazone groups is 1. The van der Waals surface area contributed by atoms with Crippen molar-refractivity contribution in [3.63, 3.8) is 0 Å². The Balaban J connectivity index is 2.54. The van der Waals surface area contributed by atoms with Crippen LogP contribution >= 0.6 is 0 Å². The van der Waals surface area contributed by atoms with Crippen LogP contribution < -0.4 is 15.4 Å². The van der Waals surface area contributed by atoms with E-state index in [9.17, 15) is 8.42 Å². The smallest absolute Gasteiger partial charge is 0.321 e. The number of nitrogens with two attached hydrogens (primary N) is 1. The molecule has 1 heterocycles. The number of aliphatic imine (C=N–C) groups is 1. The zero-order valence-corrected chi connectivity index (χ0v) is 16.9. The number of β-amino-alcohol motifs (C(OH)–C–C–N with tert-alkyl or cyclic N) is 1. The SMILES string of the molecule is CCN(CC)c1ccc(N=C2C(C)=N[N+](CCO)=C2N)c(NS(C)(=O)=O)c1. The molecule has 0 spiro atoms. The first kappa shape index (κ1) is 20.8. The molecule has 10 heteroatoms. The summed E-state index contributed by atoms with van der Waals surface area (Å²) in [5.74, 6) is 0.319. The van der Waals surface area contributed by atoms with Crippen LogP contribution in [0.25, 0.3) is 0 Å². The van der Waals surface area contributed by atoms with Crippen LogP contribution in [0.1, 0.15) is 20.8 Å². The molecule has 0 radical (unpaired) electrons. The van der Waals surface area contributed by atoms with Gasteiger partial charge in [0.25, 0.3) is 0 Å². The van der Waals surface area contributed by atoms with Crippen LogP contribution in [0, 0.1) is 0 Å². The summed E-state index contributed by atoms with van der Waals surface area (Å²) >= 11 is 0. The van der Waals surface area contributed by atoms with Crippen LogP contribution in [0.4, 0.5) is 17.1 Å². The largest absolute Gasteiger partial charge is 0.392 e. The molecule has 0 aromatic heterocycles. The summed E-state index contributed by atoms with van der Waals surface area (Å²) < 4.78 is 27.6. The van der Waals surface area contributed by atoms with Gasteiger partial charge in [0, 0.05) is 18.8 Å². The van der Waals surface area contributed by atoms with Crippen molar-refractivity contribution in [3.05, 3.63) is 18.2 Å². The van der Waals surface area contributed by atoms with Crippen molar-refractivity contribution in [2.75, 3.05) is 42.1 Å². The number of nitrogens with zero attached hydrogens (tertiary/aromatic N) is 4. The Hall–Kier alpha value is -2.46. The van der Waals surface area contributed by atoms with Gasteiger partial charge in [-0.25, -0.2) is 13.4 Å². The van der Waals surface area contributed by atoms with Crippen molar-refractivity contribution in [2.45, 2.75) is 20.8 Å². The third kappa shape index (κ3) is 5.04. The molecular formula is C17H27N6O3S+. The van der Waals surface area contributed by atoms with Gasteiger partial charge in [0.1, 0.15) is 12.3 Å². The lowest BCUT2D eigenvalue weighted by atomic mass is 10.2. The van der Waals surface area contributed by atoms with E-state index in [2.05, 4.69) is 19.7 Å². The molecule has 1 aliphatic rings. The molecule has 0 amide bonds. The van der Waals surface area contributed by atoms with E-state index in [-0.39, 0.29) is 13.2 Å². The molecule has 4 N–H and O–H groups in total. The number of aliphatic hydroxyl groups is 1. The highest BCUT2D eigenvalue weighted by Crippen LogP contribution is 2.31. The molecule has 27 heavy (non-hydrogen) atoms. The van der Waals surface area contributed by atoms with E-state index in [1.807, 2.05) is 19.9 Å². The standard InChI is InChI=1S/C17H26N6O3S/c1-5-22(6-2)13-7-8-14(15(11-13)21-27(4,25)26)19-16-12(3)20-23(9-10-24)17(16)18/h7-8,11,24H,5-6,9-10H2,1-4H3,(H2,18,20,21)/p+1. The lowest BCUT2D eigenvalue weighted by molar-refractivity contribution is -0.532. The fraction of sp³-hybridized carbons (Fsp3) is 0.471. The fourth-order valence-corrected chi connectivity index (χ4v) is 3.37. The van der Waals surface area contributed by atoms with Crippen LogP contribution in [0.15, 0.2) is 28.3 Å². The number of sulfonamides is 1. The monoisotopic (exact) mass is 395 g/mol. The molecular weight excluding hydrogens is 368 g/mol. The van der Waals surface area contributed by atoms with E-state index in [0.29, 0.717) is 28.6 Å². The first-order valence-electron chi connectivity index (χ1n) is 8.72. The minimum atomic E-state index is -3.49. The molecule has 2 rings (SSSR count). The van der Waals surface area contributed by atoms with Gasteiger partial charge >= 0.3 is 5.84 Å². The molecule has 0 atom stereocenters. The minimum Gasteiger partial charge on any atom is -0.392 e. The van der Waals surface area contributed by atoms with Gasteiger partial charge in [0.15, 0.2) is 5.71 Å². The van der Waals surface area contributed by atoms with Crippen molar-refractivity contribution in [1.29, 1.82) is 0 Å². The summed E-state index contributed by atoms with van der Waals surface area (Å²) in [6.45, 7) is 7.59. The average molecular weight is 396 g/mol. The quantitative estimate of drug-likeness (QED) is 0.560. The average Bonchev–Trinajstić information content (AvgIpc) is 2.84. The van der Waals surface area contributed by atoms with Crippen LogP contribution in [0.5, 0.6) is 0 Å². The second-order valence-electron chi connectivity index (χ2n) is 6.13. The number of aliphatic hydroxyl groups excluding tert-OH is 1. The molecule has 0 saturated carbocycles. The van der Waals surface area contributed by atoms with Gasteiger partial charge in [-0.2, -0.15) is 0 Å². The zero-order chi connectivity index (χ0) is 20.2. The maximum atomic E-state index is 11.8. The Kier molecular flexibility index (Phi) is 6.55. The second-order valence-corrected chi connectivity index (χ2v) is 7.87. The van der Waals surface area contributed by atoms with Crippen molar-refractivity contribution in [3.8, 4) is 0 Å². The minimum absolute atomic E-state index is 0.0930. The van der Waals surface area contributed by atoms with Gasteiger partial charge < -0.3 is 10.0 Å². The predicted octanol–water partition coefficient (Wildman–Crippen LogP) is 0.728. The first-order chi connectivity index (χ1) is 12.7. The fourth-order valence-electron chi connectivity index (χ4n) is 2.80. The normalized spacial score (nSPS) is 16.0. The van der Waals surface area contributed by atoms with Crippen LogP contribution in [-0.2, 0) is 10.0 Å². The zero-order valence-electron chi connectivity index (χ0n) is 16.1. The number of anilines is 2. The van der Waals surface area contributed by atoms with Crippen LogP contribution in [-0.4, -0.2) is 68.0 Å². The van der Waals surface area contributed by atoms with Gasteiger partial charge in [-0.3, -0.25) is 10.5 Å². The number of nitrogens with one attached hydrogen (secondary N) is 1. The summed E-state index contributed by atoms with van der Waals surface area (Å²) in [6, 6.07) is 5.41. The Morgan fingerprint density at radius 1 is 1.33 bits per heavy atom. The highest BCUT2D eigenvalue weighted by Gasteiger charge is 2.27. The molecule has 0 bridgehead atoms. The van der Waals surface area contributed by atoms with Crippen molar-refractivity contribution < 1.29 is 18.2 Å². The van der Waals surface area contributed by atoms with Gasteiger partial charge in [0.05, 0.1) is 24.2 Å². The van der Waals surface area contributed by atoms with Crippen molar-refractivity contribution >= 4 is 44.3 Å². The lowest BCUT2D eigenvalue weighted by Gasteiger charge is -2.22. The summed E-state index contributed by atoms with van der Waals surface area (Å²) in [5, 5.41) is 13.4. The Morgan fingerprint density at radius 2 is 2.00 bits per heavy atom. The maximum absolute atomic E-state index is 11.8. The van der Waals surface area contributed by atoms with E-state index in [0.717, 1.165) is 25.0 Å². The lowest BCUT2D eigenvalue weighted by Crippen LogP contribution is -2.31. The van der Waals surface area contributed by atoms with E-state index in [1.54, 1.807) is 19.1 Å². The van der Waals surface area contributed by atoms with Gasteiger partial charge in [-0.15, -0.1) is 4.68 Å². The molecule has 1 aliphatic heterocycles. The third-order valence-corrected chi connectivity index (χ3v) is 4.67. The van der Waals surface area contributed by atoms with Crippen molar-refractivity contribution in [2.24, 2.45) is 15.8 Å². The van der Waals surface area contributed by atoms with E-state index in [1.165, 1.54) is 4.68 Å². The summed E-state index contributed by atoms with van der Waals surface area (Å²) in [7, 11) is -3.49. The van der Waals surface area contributed by atoms with Crippen LogP contribution in [0.3, 0.4) is 0 Å². The van der Waals surface area contributed by atoms with Gasteiger partial charge in [-0.05, 0) is 39.0 Å². The van der Waals surface area contributed by atoms with Crippen molar-refractivity contribution in [1.82, 2.24) is 0 Å². The van der Waals surface area contributed by atoms with Gasteiger partial charge in [0.2, 0.25) is 10.0 Å². The summed E-state index contributed by atoms with van der Waals surface area (Å²) in [5.41, 5.74) is 8.84. The molecule has 1 aromatic carbocycles. The first-order valence-corrected chi connectivity index (χ1v) is 10.6. The van der Waals surface area contributed by atoms with E-state index >= 15 is 0 Å². The summed E-state index contributed by atoms with van der Waals surface area (Å²) in [4.78, 5) is 6.65. The van der Waals surface area contributed by atoms with Gasteiger partial charge in [-0.1, -0.05) is 5.10 Å². The highest BCUT2D eigenvalue weighted by molar-refractivity contribution is 7.92. The van der Waals surface area contributed by atoms with E-state index in [4.69, 9.17) is 10.8 Å². The second kappa shape index (κ2) is 8.49.